The number of ether oxygens (including phenoxy) is 1. The van der Waals surface area contributed by atoms with Gasteiger partial charge in [0.1, 0.15) is 18.0 Å². The van der Waals surface area contributed by atoms with Gasteiger partial charge in [-0.05, 0) is 55.0 Å². The highest BCUT2D eigenvalue weighted by Crippen LogP contribution is 2.29. The molecule has 0 aliphatic heterocycles. The minimum atomic E-state index is -0.283. The standard InChI is InChI=1S/C25H21N5O3S/c1-15-6-9-23-27-19(13-30(23)12-15)14-33-20-5-3-4-17(10-20)24(32)29-25-28-21-8-7-18(26-16(2)31)11-22(21)34-25/h3-13H,14H2,1-2H3,(H,26,31)(H,28,29,32). The number of benzene rings is 2. The first-order valence-corrected chi connectivity index (χ1v) is 11.4. The van der Waals surface area contributed by atoms with Gasteiger partial charge < -0.3 is 14.5 Å². The first kappa shape index (κ1) is 21.6. The van der Waals surface area contributed by atoms with E-state index < -0.39 is 0 Å². The van der Waals surface area contributed by atoms with E-state index >= 15 is 0 Å². The molecular formula is C25H21N5O3S. The van der Waals surface area contributed by atoms with Crippen LogP contribution in [0.2, 0.25) is 0 Å². The summed E-state index contributed by atoms with van der Waals surface area (Å²) >= 11 is 1.34. The Morgan fingerprint density at radius 2 is 1.91 bits per heavy atom. The molecule has 3 heterocycles. The third-order valence-corrected chi connectivity index (χ3v) is 5.99. The number of carbonyl (C=O) groups excluding carboxylic acids is 2. The van der Waals surface area contributed by atoms with Gasteiger partial charge in [0.15, 0.2) is 5.13 Å². The van der Waals surface area contributed by atoms with Crippen LogP contribution < -0.4 is 15.4 Å². The Balaban J connectivity index is 1.26. The predicted molar refractivity (Wildman–Crippen MR) is 133 cm³/mol. The highest BCUT2D eigenvalue weighted by molar-refractivity contribution is 7.22. The molecule has 5 rings (SSSR count). The second kappa shape index (κ2) is 8.95. The summed E-state index contributed by atoms with van der Waals surface area (Å²) in [5.74, 6) is 0.149. The molecule has 2 amide bonds. The van der Waals surface area contributed by atoms with Crippen molar-refractivity contribution in [2.75, 3.05) is 10.6 Å². The molecule has 5 aromatic rings. The van der Waals surface area contributed by atoms with Gasteiger partial charge in [0.2, 0.25) is 5.91 Å². The van der Waals surface area contributed by atoms with E-state index in [1.165, 1.54) is 18.3 Å². The number of anilines is 2. The number of nitrogens with zero attached hydrogens (tertiary/aromatic N) is 3. The van der Waals surface area contributed by atoms with Crippen LogP contribution in [0.5, 0.6) is 5.75 Å². The maximum absolute atomic E-state index is 12.8. The Morgan fingerprint density at radius 3 is 2.76 bits per heavy atom. The smallest absolute Gasteiger partial charge is 0.257 e. The number of rotatable bonds is 6. The van der Waals surface area contributed by atoms with E-state index in [1.54, 1.807) is 30.3 Å². The Bertz CT molecular complexity index is 1540. The van der Waals surface area contributed by atoms with Crippen LogP contribution in [0.25, 0.3) is 15.9 Å². The third-order valence-electron chi connectivity index (χ3n) is 5.06. The van der Waals surface area contributed by atoms with Gasteiger partial charge in [-0.1, -0.05) is 23.5 Å². The van der Waals surface area contributed by atoms with Gasteiger partial charge in [0.25, 0.3) is 5.91 Å². The number of hydrogen-bond acceptors (Lipinski definition) is 6. The second-order valence-corrected chi connectivity index (χ2v) is 8.89. The van der Waals surface area contributed by atoms with E-state index in [1.807, 2.05) is 48.0 Å². The fourth-order valence-electron chi connectivity index (χ4n) is 3.54. The van der Waals surface area contributed by atoms with Crippen LogP contribution in [0.3, 0.4) is 0 Å². The number of fused-ring (bicyclic) bond motifs is 2. The number of hydrogen-bond donors (Lipinski definition) is 2. The van der Waals surface area contributed by atoms with Crippen molar-refractivity contribution in [1.29, 1.82) is 0 Å². The van der Waals surface area contributed by atoms with E-state index in [0.29, 0.717) is 28.7 Å². The fraction of sp³-hybridized carbons (Fsp3) is 0.120. The Hall–Kier alpha value is -4.24. The number of thiazole rings is 1. The van der Waals surface area contributed by atoms with Crippen molar-refractivity contribution >= 4 is 49.8 Å². The molecule has 34 heavy (non-hydrogen) atoms. The maximum atomic E-state index is 12.8. The van der Waals surface area contributed by atoms with Crippen LogP contribution in [-0.2, 0) is 11.4 Å². The molecule has 0 saturated carbocycles. The average molecular weight is 472 g/mol. The number of carbonyl (C=O) groups is 2. The topological polar surface area (TPSA) is 97.6 Å². The molecule has 0 fully saturated rings. The highest BCUT2D eigenvalue weighted by atomic mass is 32.1. The molecule has 2 aromatic carbocycles. The lowest BCUT2D eigenvalue weighted by molar-refractivity contribution is -0.114. The van der Waals surface area contributed by atoms with Gasteiger partial charge >= 0.3 is 0 Å². The zero-order chi connectivity index (χ0) is 23.7. The number of amides is 2. The molecule has 0 unspecified atom stereocenters. The van der Waals surface area contributed by atoms with Crippen molar-refractivity contribution < 1.29 is 14.3 Å². The highest BCUT2D eigenvalue weighted by Gasteiger charge is 2.12. The van der Waals surface area contributed by atoms with E-state index in [9.17, 15) is 9.59 Å². The second-order valence-electron chi connectivity index (χ2n) is 7.86. The quantitative estimate of drug-likeness (QED) is 0.362. The minimum Gasteiger partial charge on any atom is -0.487 e. The van der Waals surface area contributed by atoms with Gasteiger partial charge in [-0.25, -0.2) is 9.97 Å². The number of pyridine rings is 1. The molecule has 0 spiro atoms. The van der Waals surface area contributed by atoms with E-state index in [-0.39, 0.29) is 11.8 Å². The summed E-state index contributed by atoms with van der Waals surface area (Å²) in [6.45, 7) is 3.78. The molecule has 0 radical (unpaired) electrons. The number of nitrogens with one attached hydrogen (secondary N) is 2. The molecular weight excluding hydrogens is 450 g/mol. The average Bonchev–Trinajstić information content (AvgIpc) is 3.39. The molecule has 170 valence electrons. The molecule has 3 aromatic heterocycles. The molecule has 8 nitrogen and oxygen atoms in total. The monoisotopic (exact) mass is 471 g/mol. The molecule has 0 aliphatic rings. The summed E-state index contributed by atoms with van der Waals surface area (Å²) in [6, 6.07) is 16.4. The summed E-state index contributed by atoms with van der Waals surface area (Å²) in [4.78, 5) is 33.1. The lowest BCUT2D eigenvalue weighted by Gasteiger charge is -2.06. The maximum Gasteiger partial charge on any atom is 0.257 e. The van der Waals surface area contributed by atoms with Crippen LogP contribution >= 0.6 is 11.3 Å². The third kappa shape index (κ3) is 4.74. The lowest BCUT2D eigenvalue weighted by atomic mass is 10.2. The normalized spacial score (nSPS) is 11.0. The molecule has 9 heteroatoms. The predicted octanol–water partition coefficient (Wildman–Crippen LogP) is 5.04. The summed E-state index contributed by atoms with van der Waals surface area (Å²) in [6.07, 6.45) is 3.95. The van der Waals surface area contributed by atoms with Gasteiger partial charge in [0, 0.05) is 30.6 Å². The SMILES string of the molecule is CC(=O)Nc1ccc2nc(NC(=O)c3cccc(OCc4cn5cc(C)ccc5n4)c3)sc2c1. The zero-order valence-corrected chi connectivity index (χ0v) is 19.3. The van der Waals surface area contributed by atoms with Crippen molar-refractivity contribution in [3.05, 3.63) is 83.8 Å². The lowest BCUT2D eigenvalue weighted by Crippen LogP contribution is -2.11. The van der Waals surface area contributed by atoms with Gasteiger partial charge in [-0.2, -0.15) is 0 Å². The number of imidazole rings is 1. The largest absolute Gasteiger partial charge is 0.487 e. The zero-order valence-electron chi connectivity index (χ0n) is 18.5. The molecule has 0 atom stereocenters. The van der Waals surface area contributed by atoms with Crippen LogP contribution in [0.4, 0.5) is 10.8 Å². The van der Waals surface area contributed by atoms with Gasteiger partial charge in [-0.3, -0.25) is 14.9 Å². The summed E-state index contributed by atoms with van der Waals surface area (Å²) in [5, 5.41) is 6.07. The Kier molecular flexibility index (Phi) is 5.69. The van der Waals surface area contributed by atoms with Crippen LogP contribution in [0.1, 0.15) is 28.5 Å². The van der Waals surface area contributed by atoms with E-state index in [0.717, 1.165) is 27.1 Å². The van der Waals surface area contributed by atoms with Crippen molar-refractivity contribution in [1.82, 2.24) is 14.4 Å². The summed E-state index contributed by atoms with van der Waals surface area (Å²) in [7, 11) is 0. The molecule has 0 bridgehead atoms. The Labute approximate surface area is 199 Å². The van der Waals surface area contributed by atoms with Gasteiger partial charge in [-0.15, -0.1) is 0 Å². The summed E-state index contributed by atoms with van der Waals surface area (Å²) < 4.78 is 8.71. The number of aryl methyl sites for hydroxylation is 1. The Morgan fingerprint density at radius 1 is 1.03 bits per heavy atom. The molecule has 0 aliphatic carbocycles. The van der Waals surface area contributed by atoms with E-state index in [4.69, 9.17) is 4.74 Å². The van der Waals surface area contributed by atoms with Crippen molar-refractivity contribution in [2.24, 2.45) is 0 Å². The van der Waals surface area contributed by atoms with Crippen LogP contribution in [0.15, 0.2) is 67.0 Å². The van der Waals surface area contributed by atoms with Crippen molar-refractivity contribution in [3.63, 3.8) is 0 Å². The first-order valence-electron chi connectivity index (χ1n) is 10.6. The van der Waals surface area contributed by atoms with Crippen LogP contribution in [0, 0.1) is 6.92 Å². The summed E-state index contributed by atoms with van der Waals surface area (Å²) in [5.41, 5.74) is 4.70. The molecule has 2 N–H and O–H groups in total. The van der Waals surface area contributed by atoms with Crippen molar-refractivity contribution in [3.8, 4) is 5.75 Å². The minimum absolute atomic E-state index is 0.143. The fourth-order valence-corrected chi connectivity index (χ4v) is 4.44. The van der Waals surface area contributed by atoms with Crippen LogP contribution in [-0.4, -0.2) is 26.2 Å². The number of aromatic nitrogens is 3. The molecule has 0 saturated heterocycles. The first-order chi connectivity index (χ1) is 16.4. The van der Waals surface area contributed by atoms with Gasteiger partial charge in [0.05, 0.1) is 15.9 Å². The van der Waals surface area contributed by atoms with E-state index in [2.05, 4.69) is 20.6 Å². The van der Waals surface area contributed by atoms with Crippen molar-refractivity contribution in [2.45, 2.75) is 20.5 Å².